The number of piperazine rings is 1. The molecule has 2 aromatic rings. The number of primary amides is 1. The monoisotopic (exact) mass is 481 g/mol. The van der Waals surface area contributed by atoms with Crippen molar-refractivity contribution in [2.45, 2.75) is 20.0 Å². The third-order valence-electron chi connectivity index (χ3n) is 6.39. The maximum Gasteiger partial charge on any atom is 0.414 e. The molecule has 0 saturated carbocycles. The lowest BCUT2D eigenvalue weighted by Gasteiger charge is -2.35. The molecule has 10 heteroatoms. The van der Waals surface area contributed by atoms with E-state index < -0.39 is 29.8 Å². The number of amides is 3. The molecule has 3 amide bonds. The molecule has 4 rings (SSSR count). The van der Waals surface area contributed by atoms with Gasteiger partial charge in [-0.15, -0.1) is 0 Å². The van der Waals surface area contributed by atoms with Gasteiger partial charge in [-0.3, -0.25) is 14.5 Å². The molecule has 3 heterocycles. The number of hydrogen-bond donors (Lipinski definition) is 1. The van der Waals surface area contributed by atoms with Crippen LogP contribution in [-0.2, 0) is 14.3 Å². The summed E-state index contributed by atoms with van der Waals surface area (Å²) in [4.78, 5) is 45.3. The van der Waals surface area contributed by atoms with Crippen LogP contribution in [0.2, 0.25) is 0 Å². The van der Waals surface area contributed by atoms with Gasteiger partial charge >= 0.3 is 6.09 Å². The quantitative estimate of drug-likeness (QED) is 0.636. The zero-order valence-corrected chi connectivity index (χ0v) is 19.7. The van der Waals surface area contributed by atoms with Gasteiger partial charge in [-0.2, -0.15) is 0 Å². The number of halogens is 1. The van der Waals surface area contributed by atoms with Crippen LogP contribution >= 0.6 is 0 Å². The summed E-state index contributed by atoms with van der Waals surface area (Å²) in [6.07, 6.45) is 3.59. The maximum absolute atomic E-state index is 15.0. The summed E-state index contributed by atoms with van der Waals surface area (Å²) in [5, 5.41) is 0. The highest BCUT2D eigenvalue weighted by molar-refractivity contribution is 5.91. The second kappa shape index (κ2) is 10.1. The number of carbonyl (C=O) groups is 3. The van der Waals surface area contributed by atoms with Gasteiger partial charge in [-0.1, -0.05) is 6.08 Å². The minimum atomic E-state index is -0.678. The summed E-state index contributed by atoms with van der Waals surface area (Å²) in [6.45, 7) is 6.08. The second-order valence-corrected chi connectivity index (χ2v) is 8.61. The first-order valence-electron chi connectivity index (χ1n) is 11.5. The van der Waals surface area contributed by atoms with Gasteiger partial charge < -0.3 is 20.3 Å². The molecule has 2 atom stereocenters. The first-order chi connectivity index (χ1) is 16.8. The lowest BCUT2D eigenvalue weighted by molar-refractivity contribution is -0.126. The number of nitrogens with zero attached hydrogens (tertiary/aromatic N) is 4. The first-order valence-corrected chi connectivity index (χ1v) is 11.5. The number of allylic oxidation sites excluding steroid dienone is 1. The van der Waals surface area contributed by atoms with Gasteiger partial charge in [0.1, 0.15) is 17.7 Å². The molecule has 0 aliphatic carbocycles. The SMILES string of the molecule is C/C=C/C(=O)N1CCN(c2ccc(-c3ccc(N4CC(C(C)C(N)=O)OC4=O)cc3F)cn2)CC1. The van der Waals surface area contributed by atoms with Crippen LogP contribution in [0, 0.1) is 11.7 Å². The Bertz CT molecular complexity index is 1150. The molecule has 2 N–H and O–H groups in total. The molecule has 0 bridgehead atoms. The number of carbonyl (C=O) groups excluding carboxylic acids is 3. The number of aromatic nitrogens is 1. The third kappa shape index (κ3) is 5.11. The Labute approximate surface area is 202 Å². The average molecular weight is 482 g/mol. The Morgan fingerprint density at radius 3 is 2.54 bits per heavy atom. The minimum absolute atomic E-state index is 0.00877. The van der Waals surface area contributed by atoms with Crippen LogP contribution in [0.1, 0.15) is 13.8 Å². The van der Waals surface area contributed by atoms with Crippen molar-refractivity contribution in [2.24, 2.45) is 11.7 Å². The van der Waals surface area contributed by atoms with E-state index in [9.17, 15) is 14.4 Å². The number of nitrogens with two attached hydrogens (primary N) is 1. The van der Waals surface area contributed by atoms with E-state index in [4.69, 9.17) is 10.5 Å². The minimum Gasteiger partial charge on any atom is -0.443 e. The van der Waals surface area contributed by atoms with Gasteiger partial charge in [0.05, 0.1) is 18.2 Å². The number of pyridine rings is 1. The largest absolute Gasteiger partial charge is 0.443 e. The Kier molecular flexibility index (Phi) is 6.99. The van der Waals surface area contributed by atoms with Crippen molar-refractivity contribution < 1.29 is 23.5 Å². The topological polar surface area (TPSA) is 109 Å². The highest BCUT2D eigenvalue weighted by Crippen LogP contribution is 2.30. The summed E-state index contributed by atoms with van der Waals surface area (Å²) in [5.74, 6) is -0.944. The summed E-state index contributed by atoms with van der Waals surface area (Å²) in [5.41, 5.74) is 6.60. The molecule has 2 unspecified atom stereocenters. The van der Waals surface area contributed by atoms with Crippen LogP contribution in [0.25, 0.3) is 11.1 Å². The molecule has 0 spiro atoms. The van der Waals surface area contributed by atoms with Crippen molar-refractivity contribution in [3.8, 4) is 11.1 Å². The summed E-state index contributed by atoms with van der Waals surface area (Å²) >= 11 is 0. The van der Waals surface area contributed by atoms with E-state index in [2.05, 4.69) is 9.88 Å². The van der Waals surface area contributed by atoms with E-state index in [1.54, 1.807) is 48.4 Å². The maximum atomic E-state index is 15.0. The van der Waals surface area contributed by atoms with Crippen molar-refractivity contribution in [2.75, 3.05) is 42.5 Å². The van der Waals surface area contributed by atoms with E-state index in [0.29, 0.717) is 43.0 Å². The predicted molar refractivity (Wildman–Crippen MR) is 129 cm³/mol. The zero-order valence-electron chi connectivity index (χ0n) is 19.7. The molecule has 2 aliphatic rings. The van der Waals surface area contributed by atoms with E-state index >= 15 is 4.39 Å². The first kappa shape index (κ1) is 24.2. The van der Waals surface area contributed by atoms with Crippen LogP contribution in [0.3, 0.4) is 0 Å². The fourth-order valence-corrected chi connectivity index (χ4v) is 4.18. The number of ether oxygens (including phenoxy) is 1. The Morgan fingerprint density at radius 2 is 1.94 bits per heavy atom. The van der Waals surface area contributed by atoms with Gasteiger partial charge in [0, 0.05) is 43.5 Å². The van der Waals surface area contributed by atoms with E-state index in [1.807, 2.05) is 13.0 Å². The van der Waals surface area contributed by atoms with Crippen molar-refractivity contribution in [3.05, 3.63) is 54.5 Å². The van der Waals surface area contributed by atoms with Gasteiger partial charge in [0.25, 0.3) is 0 Å². The molecule has 0 radical (unpaired) electrons. The molecule has 1 aromatic carbocycles. The Balaban J connectivity index is 1.43. The molecule has 35 heavy (non-hydrogen) atoms. The van der Waals surface area contributed by atoms with Crippen LogP contribution < -0.4 is 15.5 Å². The van der Waals surface area contributed by atoms with Gasteiger partial charge in [0.2, 0.25) is 11.8 Å². The summed E-state index contributed by atoms with van der Waals surface area (Å²) in [6, 6.07) is 8.12. The summed E-state index contributed by atoms with van der Waals surface area (Å²) in [7, 11) is 0. The van der Waals surface area contributed by atoms with Gasteiger partial charge in [-0.25, -0.2) is 14.2 Å². The van der Waals surface area contributed by atoms with E-state index in [1.165, 1.54) is 11.0 Å². The predicted octanol–water partition coefficient (Wildman–Crippen LogP) is 2.56. The van der Waals surface area contributed by atoms with Crippen LogP contribution in [0.4, 0.5) is 20.7 Å². The van der Waals surface area contributed by atoms with Crippen LogP contribution in [0.5, 0.6) is 0 Å². The Morgan fingerprint density at radius 1 is 1.20 bits per heavy atom. The smallest absolute Gasteiger partial charge is 0.414 e. The van der Waals surface area contributed by atoms with Crippen molar-refractivity contribution in [1.82, 2.24) is 9.88 Å². The van der Waals surface area contributed by atoms with Crippen LogP contribution in [0.15, 0.2) is 48.7 Å². The lowest BCUT2D eigenvalue weighted by atomic mass is 10.0. The number of anilines is 2. The summed E-state index contributed by atoms with van der Waals surface area (Å²) < 4.78 is 20.2. The fraction of sp³-hybridized carbons (Fsp3) is 0.360. The van der Waals surface area contributed by atoms with Gasteiger partial charge in [-0.05, 0) is 50.3 Å². The van der Waals surface area contributed by atoms with E-state index in [-0.39, 0.29) is 12.5 Å². The normalized spacial score (nSPS) is 19.2. The number of cyclic esters (lactones) is 1. The average Bonchev–Trinajstić information content (AvgIpc) is 3.25. The highest BCUT2D eigenvalue weighted by atomic mass is 19.1. The van der Waals surface area contributed by atoms with Gasteiger partial charge in [0.15, 0.2) is 0 Å². The second-order valence-electron chi connectivity index (χ2n) is 8.61. The fourth-order valence-electron chi connectivity index (χ4n) is 4.18. The molecule has 2 saturated heterocycles. The molecule has 2 aliphatic heterocycles. The lowest BCUT2D eigenvalue weighted by Crippen LogP contribution is -2.48. The molecule has 9 nitrogen and oxygen atoms in total. The molecule has 2 fully saturated rings. The Hall–Kier alpha value is -3.95. The molecule has 1 aromatic heterocycles. The van der Waals surface area contributed by atoms with Crippen molar-refractivity contribution >= 4 is 29.4 Å². The number of benzene rings is 1. The standard InChI is InChI=1S/C25H28FN5O4/c1-3-4-23(32)30-11-9-29(10-12-30)22-8-5-17(14-28-22)19-7-6-18(13-20(19)26)31-15-21(35-25(31)34)16(2)24(27)33/h3-8,13-14,16,21H,9-12,15H2,1-2H3,(H2,27,33)/b4-3+. The molecular formula is C25H28FN5O4. The highest BCUT2D eigenvalue weighted by Gasteiger charge is 2.38. The van der Waals surface area contributed by atoms with E-state index in [0.717, 1.165) is 5.82 Å². The molecule has 184 valence electrons. The van der Waals surface area contributed by atoms with Crippen molar-refractivity contribution in [3.63, 3.8) is 0 Å². The van der Waals surface area contributed by atoms with Crippen LogP contribution in [-0.4, -0.2) is 66.6 Å². The number of rotatable bonds is 6. The molecular weight excluding hydrogens is 453 g/mol. The zero-order chi connectivity index (χ0) is 25.1. The third-order valence-corrected chi connectivity index (χ3v) is 6.39. The van der Waals surface area contributed by atoms with Crippen molar-refractivity contribution in [1.29, 1.82) is 0 Å². The number of hydrogen-bond acceptors (Lipinski definition) is 6.